The van der Waals surface area contributed by atoms with E-state index in [0.717, 1.165) is 19.6 Å². The highest BCUT2D eigenvalue weighted by molar-refractivity contribution is 5.92. The lowest BCUT2D eigenvalue weighted by Crippen LogP contribution is -2.47. The van der Waals surface area contributed by atoms with E-state index in [1.807, 2.05) is 4.90 Å². The van der Waals surface area contributed by atoms with Crippen LogP contribution in [-0.2, 0) is 0 Å². The molecule has 1 aromatic rings. The number of fused-ring (bicyclic) bond motifs is 1. The number of aromatic nitrogens is 3. The van der Waals surface area contributed by atoms with Crippen molar-refractivity contribution in [3.05, 3.63) is 11.9 Å². The summed E-state index contributed by atoms with van der Waals surface area (Å²) in [6, 6.07) is 0. The second-order valence-electron chi connectivity index (χ2n) is 5.45. The molecule has 0 saturated carbocycles. The van der Waals surface area contributed by atoms with Crippen LogP contribution in [0.15, 0.2) is 6.20 Å². The van der Waals surface area contributed by atoms with Gasteiger partial charge in [-0.3, -0.25) is 4.79 Å². The molecule has 17 heavy (non-hydrogen) atoms. The summed E-state index contributed by atoms with van der Waals surface area (Å²) in [6.45, 7) is 7.11. The van der Waals surface area contributed by atoms with Crippen molar-refractivity contribution in [3.8, 4) is 0 Å². The average Bonchev–Trinajstić information content (AvgIpc) is 2.97. The standard InChI is InChI=1S/C11H17N5O/c1-11(2)8-4-12-3-7(8)6-16(11)10(17)9-5-13-15-14-9/h5,7-8,12H,3-4,6H2,1-2H3,(H,13,14,15). The van der Waals surface area contributed by atoms with Crippen molar-refractivity contribution in [3.63, 3.8) is 0 Å². The maximum Gasteiger partial charge on any atom is 0.276 e. The highest BCUT2D eigenvalue weighted by atomic mass is 16.2. The molecule has 2 atom stereocenters. The predicted molar refractivity (Wildman–Crippen MR) is 61.3 cm³/mol. The van der Waals surface area contributed by atoms with E-state index < -0.39 is 0 Å². The van der Waals surface area contributed by atoms with Gasteiger partial charge in [0.25, 0.3) is 5.91 Å². The van der Waals surface area contributed by atoms with Crippen LogP contribution >= 0.6 is 0 Å². The van der Waals surface area contributed by atoms with Gasteiger partial charge in [0, 0.05) is 25.2 Å². The van der Waals surface area contributed by atoms with Crippen molar-refractivity contribution in [1.82, 2.24) is 25.6 Å². The number of nitrogens with zero attached hydrogens (tertiary/aromatic N) is 3. The van der Waals surface area contributed by atoms with Gasteiger partial charge in [0.15, 0.2) is 5.69 Å². The summed E-state index contributed by atoms with van der Waals surface area (Å²) in [6.07, 6.45) is 1.49. The summed E-state index contributed by atoms with van der Waals surface area (Å²) < 4.78 is 0. The lowest BCUT2D eigenvalue weighted by Gasteiger charge is -2.35. The molecule has 6 nitrogen and oxygen atoms in total. The largest absolute Gasteiger partial charge is 0.331 e. The van der Waals surface area contributed by atoms with Gasteiger partial charge in [-0.25, -0.2) is 0 Å². The van der Waals surface area contributed by atoms with E-state index in [1.54, 1.807) is 0 Å². The van der Waals surface area contributed by atoms with Crippen LogP contribution in [0.4, 0.5) is 0 Å². The summed E-state index contributed by atoms with van der Waals surface area (Å²) in [7, 11) is 0. The number of likely N-dealkylation sites (tertiary alicyclic amines) is 1. The third-order valence-electron chi connectivity index (χ3n) is 4.24. The molecule has 0 aromatic carbocycles. The molecule has 2 saturated heterocycles. The molecule has 2 aliphatic rings. The zero-order valence-corrected chi connectivity index (χ0v) is 10.1. The molecule has 0 bridgehead atoms. The summed E-state index contributed by atoms with van der Waals surface area (Å²) >= 11 is 0. The highest BCUT2D eigenvalue weighted by Gasteiger charge is 2.51. The van der Waals surface area contributed by atoms with E-state index in [-0.39, 0.29) is 11.4 Å². The van der Waals surface area contributed by atoms with Gasteiger partial charge in [-0.05, 0) is 25.7 Å². The third-order valence-corrected chi connectivity index (χ3v) is 4.24. The number of amides is 1. The van der Waals surface area contributed by atoms with Crippen molar-refractivity contribution >= 4 is 5.91 Å². The van der Waals surface area contributed by atoms with Crippen LogP contribution in [0.3, 0.4) is 0 Å². The molecule has 2 N–H and O–H groups in total. The molecule has 1 amide bonds. The summed E-state index contributed by atoms with van der Waals surface area (Å²) in [5, 5.41) is 13.5. The SMILES string of the molecule is CC1(C)C2CNCC2CN1C(=O)c1cn[nH]n1. The van der Waals surface area contributed by atoms with Gasteiger partial charge in [0.1, 0.15) is 0 Å². The Morgan fingerprint density at radius 2 is 2.35 bits per heavy atom. The molecule has 2 aliphatic heterocycles. The van der Waals surface area contributed by atoms with Crippen molar-refractivity contribution < 1.29 is 4.79 Å². The van der Waals surface area contributed by atoms with Gasteiger partial charge >= 0.3 is 0 Å². The van der Waals surface area contributed by atoms with Crippen molar-refractivity contribution in [1.29, 1.82) is 0 Å². The molecule has 1 aromatic heterocycles. The molecule has 0 spiro atoms. The van der Waals surface area contributed by atoms with Gasteiger partial charge in [0.05, 0.1) is 6.20 Å². The van der Waals surface area contributed by atoms with E-state index in [1.165, 1.54) is 6.20 Å². The van der Waals surface area contributed by atoms with Crippen LogP contribution < -0.4 is 5.32 Å². The van der Waals surface area contributed by atoms with Crippen LogP contribution in [0.5, 0.6) is 0 Å². The first-order valence-corrected chi connectivity index (χ1v) is 5.99. The monoisotopic (exact) mass is 235 g/mol. The van der Waals surface area contributed by atoms with Crippen molar-refractivity contribution in [2.75, 3.05) is 19.6 Å². The first-order valence-electron chi connectivity index (χ1n) is 5.99. The van der Waals surface area contributed by atoms with E-state index in [4.69, 9.17) is 0 Å². The molecule has 3 rings (SSSR count). The minimum Gasteiger partial charge on any atom is -0.331 e. The molecule has 92 valence electrons. The van der Waals surface area contributed by atoms with E-state index in [0.29, 0.717) is 17.5 Å². The molecular formula is C11H17N5O. The van der Waals surface area contributed by atoms with Crippen molar-refractivity contribution in [2.45, 2.75) is 19.4 Å². The Morgan fingerprint density at radius 3 is 3.00 bits per heavy atom. The summed E-state index contributed by atoms with van der Waals surface area (Å²) in [5.74, 6) is 1.09. The molecule has 0 radical (unpaired) electrons. The Morgan fingerprint density at radius 1 is 1.53 bits per heavy atom. The number of hydrogen-bond donors (Lipinski definition) is 2. The van der Waals surface area contributed by atoms with Crippen LogP contribution in [0, 0.1) is 11.8 Å². The van der Waals surface area contributed by atoms with Gasteiger partial charge in [-0.1, -0.05) is 0 Å². The molecule has 2 unspecified atom stereocenters. The number of H-pyrrole nitrogens is 1. The number of aromatic amines is 1. The molecule has 3 heterocycles. The van der Waals surface area contributed by atoms with Gasteiger partial charge in [-0.2, -0.15) is 15.4 Å². The first-order chi connectivity index (χ1) is 8.10. The van der Waals surface area contributed by atoms with Crippen molar-refractivity contribution in [2.24, 2.45) is 11.8 Å². The number of hydrogen-bond acceptors (Lipinski definition) is 4. The summed E-state index contributed by atoms with van der Waals surface area (Å²) in [4.78, 5) is 14.3. The zero-order chi connectivity index (χ0) is 12.0. The molecule has 0 aliphatic carbocycles. The number of carbonyl (C=O) groups is 1. The fraction of sp³-hybridized carbons (Fsp3) is 0.727. The molecular weight excluding hydrogens is 218 g/mol. The lowest BCUT2D eigenvalue weighted by molar-refractivity contribution is 0.0597. The number of nitrogens with one attached hydrogen (secondary N) is 2. The lowest BCUT2D eigenvalue weighted by atomic mass is 9.85. The van der Waals surface area contributed by atoms with Gasteiger partial charge in [0.2, 0.25) is 0 Å². The topological polar surface area (TPSA) is 73.9 Å². The fourth-order valence-corrected chi connectivity index (χ4v) is 3.21. The predicted octanol–water partition coefficient (Wildman–Crippen LogP) is -0.125. The van der Waals surface area contributed by atoms with Gasteiger partial charge < -0.3 is 10.2 Å². The Hall–Kier alpha value is -1.43. The maximum atomic E-state index is 12.3. The minimum absolute atomic E-state index is 0.0156. The highest BCUT2D eigenvalue weighted by Crippen LogP contribution is 2.40. The number of rotatable bonds is 1. The Bertz CT molecular complexity index is 427. The van der Waals surface area contributed by atoms with Crippen LogP contribution in [-0.4, -0.2) is 51.4 Å². The number of carbonyl (C=O) groups excluding carboxylic acids is 1. The zero-order valence-electron chi connectivity index (χ0n) is 10.1. The second-order valence-corrected chi connectivity index (χ2v) is 5.45. The Kier molecular flexibility index (Phi) is 2.22. The van der Waals surface area contributed by atoms with E-state index in [2.05, 4.69) is 34.6 Å². The Labute approximate surface area is 99.8 Å². The first kappa shape index (κ1) is 10.7. The van der Waals surface area contributed by atoms with Gasteiger partial charge in [-0.15, -0.1) is 0 Å². The second kappa shape index (κ2) is 3.53. The van der Waals surface area contributed by atoms with Crippen LogP contribution in [0.2, 0.25) is 0 Å². The third kappa shape index (κ3) is 1.47. The molecule has 2 fully saturated rings. The van der Waals surface area contributed by atoms with Crippen LogP contribution in [0.25, 0.3) is 0 Å². The van der Waals surface area contributed by atoms with Crippen LogP contribution in [0.1, 0.15) is 24.3 Å². The quantitative estimate of drug-likeness (QED) is 0.711. The minimum atomic E-state index is -0.107. The maximum absolute atomic E-state index is 12.3. The Balaban J connectivity index is 1.87. The normalized spacial score (nSPS) is 30.6. The fourth-order valence-electron chi connectivity index (χ4n) is 3.21. The van der Waals surface area contributed by atoms with E-state index in [9.17, 15) is 4.79 Å². The summed E-state index contributed by atoms with van der Waals surface area (Å²) in [5.41, 5.74) is 0.301. The smallest absolute Gasteiger partial charge is 0.276 e. The average molecular weight is 235 g/mol. The van der Waals surface area contributed by atoms with E-state index >= 15 is 0 Å². The molecule has 6 heteroatoms.